The topological polar surface area (TPSA) is 64.0 Å². The molecule has 0 fully saturated rings. The molecule has 1 amide bonds. The molecule has 0 aliphatic carbocycles. The van der Waals surface area contributed by atoms with Crippen molar-refractivity contribution in [3.05, 3.63) is 70.8 Å². The summed E-state index contributed by atoms with van der Waals surface area (Å²) < 4.78 is 1.45. The Balaban J connectivity index is 1.78. The first-order chi connectivity index (χ1) is 11.2. The minimum Gasteiger partial charge on any atom is -0.324 e. The van der Waals surface area contributed by atoms with Crippen molar-refractivity contribution in [2.24, 2.45) is 0 Å². The van der Waals surface area contributed by atoms with E-state index in [0.717, 1.165) is 17.7 Å². The van der Waals surface area contributed by atoms with Crippen molar-refractivity contribution in [3.63, 3.8) is 0 Å². The summed E-state index contributed by atoms with van der Waals surface area (Å²) in [6, 6.07) is 14.4. The first-order valence-electron chi connectivity index (χ1n) is 7.59. The summed E-state index contributed by atoms with van der Waals surface area (Å²) in [5.41, 5.74) is 2.37. The van der Waals surface area contributed by atoms with Crippen molar-refractivity contribution >= 4 is 22.5 Å². The van der Waals surface area contributed by atoms with Crippen molar-refractivity contribution in [2.75, 3.05) is 5.32 Å². The van der Waals surface area contributed by atoms with Crippen LogP contribution in [0.25, 0.3) is 10.9 Å². The zero-order valence-corrected chi connectivity index (χ0v) is 12.4. The minimum absolute atomic E-state index is 0.172. The maximum Gasteiger partial charge on any atom is 0.261 e. The standard InChI is InChI=1S/C18H15N3O2/c22-17-16(10-9-12-5-1-3-7-14(12)20-17)21-11-19-15-8-4-2-6-13(15)18(21)23/h1-8,11,16H,9-10H2,(H,20,22)/t16-/m0/s1. The van der Waals surface area contributed by atoms with Crippen molar-refractivity contribution in [1.29, 1.82) is 0 Å². The number of hydrogen-bond acceptors (Lipinski definition) is 3. The quantitative estimate of drug-likeness (QED) is 0.751. The minimum atomic E-state index is -0.549. The van der Waals surface area contributed by atoms with E-state index in [2.05, 4.69) is 10.3 Å². The second-order valence-corrected chi connectivity index (χ2v) is 5.68. The Bertz CT molecular complexity index is 962. The van der Waals surface area contributed by atoms with E-state index in [9.17, 15) is 9.59 Å². The number of aryl methyl sites for hydroxylation is 1. The van der Waals surface area contributed by atoms with Crippen LogP contribution in [0.2, 0.25) is 0 Å². The summed E-state index contributed by atoms with van der Waals surface area (Å²) in [6.07, 6.45) is 2.78. The number of anilines is 1. The van der Waals surface area contributed by atoms with Gasteiger partial charge in [0.1, 0.15) is 6.04 Å². The molecule has 3 aromatic rings. The summed E-state index contributed by atoms with van der Waals surface area (Å²) in [6.45, 7) is 0. The van der Waals surface area contributed by atoms with E-state index in [1.165, 1.54) is 10.9 Å². The van der Waals surface area contributed by atoms with Gasteiger partial charge in [0.15, 0.2) is 0 Å². The molecule has 23 heavy (non-hydrogen) atoms. The summed E-state index contributed by atoms with van der Waals surface area (Å²) in [7, 11) is 0. The predicted octanol–water partition coefficient (Wildman–Crippen LogP) is 2.52. The first-order valence-corrected chi connectivity index (χ1v) is 7.59. The van der Waals surface area contributed by atoms with Crippen molar-refractivity contribution in [2.45, 2.75) is 18.9 Å². The second kappa shape index (κ2) is 5.35. The van der Waals surface area contributed by atoms with E-state index < -0.39 is 6.04 Å². The summed E-state index contributed by atoms with van der Waals surface area (Å²) in [5.74, 6) is -0.172. The van der Waals surface area contributed by atoms with E-state index in [0.29, 0.717) is 17.3 Å². The smallest absolute Gasteiger partial charge is 0.261 e. The van der Waals surface area contributed by atoms with Crippen LogP contribution >= 0.6 is 0 Å². The van der Waals surface area contributed by atoms with Gasteiger partial charge in [-0.3, -0.25) is 14.2 Å². The highest BCUT2D eigenvalue weighted by Gasteiger charge is 2.26. The molecule has 114 valence electrons. The summed E-state index contributed by atoms with van der Waals surface area (Å²) in [4.78, 5) is 29.6. The lowest BCUT2D eigenvalue weighted by Gasteiger charge is -2.16. The molecule has 0 saturated carbocycles. The van der Waals surface area contributed by atoms with Gasteiger partial charge >= 0.3 is 0 Å². The van der Waals surface area contributed by atoms with Crippen LogP contribution in [0.15, 0.2) is 59.7 Å². The zero-order valence-electron chi connectivity index (χ0n) is 12.4. The number of amides is 1. The molecule has 1 aliphatic rings. The molecule has 4 rings (SSSR count). The van der Waals surface area contributed by atoms with Gasteiger partial charge in [0.25, 0.3) is 5.56 Å². The molecule has 2 aromatic carbocycles. The number of rotatable bonds is 1. The molecule has 1 aromatic heterocycles. The normalized spacial score (nSPS) is 17.4. The molecular formula is C18H15N3O2. The average Bonchev–Trinajstić information content (AvgIpc) is 2.74. The summed E-state index contributed by atoms with van der Waals surface area (Å²) >= 11 is 0. The van der Waals surface area contributed by atoms with E-state index in [1.54, 1.807) is 18.2 Å². The molecule has 0 spiro atoms. The van der Waals surface area contributed by atoms with Gasteiger partial charge in [-0.15, -0.1) is 0 Å². The number of hydrogen-bond donors (Lipinski definition) is 1. The number of aromatic nitrogens is 2. The number of para-hydroxylation sites is 2. The molecule has 0 saturated heterocycles. The lowest BCUT2D eigenvalue weighted by atomic mass is 10.1. The third-order valence-corrected chi connectivity index (χ3v) is 4.29. The lowest BCUT2D eigenvalue weighted by molar-refractivity contribution is -0.119. The number of nitrogens with zero attached hydrogens (tertiary/aromatic N) is 2. The number of benzene rings is 2. The van der Waals surface area contributed by atoms with E-state index in [-0.39, 0.29) is 11.5 Å². The molecule has 5 nitrogen and oxygen atoms in total. The number of nitrogens with one attached hydrogen (secondary N) is 1. The third kappa shape index (κ3) is 2.30. The van der Waals surface area contributed by atoms with Gasteiger partial charge in [0.05, 0.1) is 17.2 Å². The fourth-order valence-corrected chi connectivity index (χ4v) is 3.07. The third-order valence-electron chi connectivity index (χ3n) is 4.29. The molecule has 5 heteroatoms. The maximum absolute atomic E-state index is 12.7. The van der Waals surface area contributed by atoms with Gasteiger partial charge in [-0.05, 0) is 36.6 Å². The number of carbonyl (C=O) groups excluding carboxylic acids is 1. The van der Waals surface area contributed by atoms with Gasteiger partial charge in [-0.2, -0.15) is 0 Å². The SMILES string of the molecule is O=C1Nc2ccccc2CC[C@@H]1n1cnc2ccccc2c1=O. The van der Waals surface area contributed by atoms with Gasteiger partial charge in [0, 0.05) is 5.69 Å². The van der Waals surface area contributed by atoms with Gasteiger partial charge in [-0.25, -0.2) is 4.98 Å². The molecule has 0 bridgehead atoms. The molecule has 1 atom stereocenters. The van der Waals surface area contributed by atoms with Crippen LogP contribution in [0, 0.1) is 0 Å². The zero-order chi connectivity index (χ0) is 15.8. The highest BCUT2D eigenvalue weighted by molar-refractivity contribution is 5.95. The highest BCUT2D eigenvalue weighted by atomic mass is 16.2. The number of fused-ring (bicyclic) bond motifs is 2. The molecule has 0 unspecified atom stereocenters. The largest absolute Gasteiger partial charge is 0.324 e. The van der Waals surface area contributed by atoms with Crippen LogP contribution in [0.3, 0.4) is 0 Å². The Morgan fingerprint density at radius 1 is 1.04 bits per heavy atom. The van der Waals surface area contributed by atoms with Crippen LogP contribution in [0.5, 0.6) is 0 Å². The van der Waals surface area contributed by atoms with Gasteiger partial charge in [-0.1, -0.05) is 30.3 Å². The van der Waals surface area contributed by atoms with Gasteiger partial charge < -0.3 is 5.32 Å². The van der Waals surface area contributed by atoms with Crippen LogP contribution in [0.1, 0.15) is 18.0 Å². The highest BCUT2D eigenvalue weighted by Crippen LogP contribution is 2.26. The summed E-state index contributed by atoms with van der Waals surface area (Å²) in [5, 5.41) is 3.45. The van der Waals surface area contributed by atoms with E-state index in [4.69, 9.17) is 0 Å². The van der Waals surface area contributed by atoms with Crippen molar-refractivity contribution in [1.82, 2.24) is 9.55 Å². The molecule has 0 radical (unpaired) electrons. The monoisotopic (exact) mass is 305 g/mol. The lowest BCUT2D eigenvalue weighted by Crippen LogP contribution is -2.32. The molecule has 1 N–H and O–H groups in total. The van der Waals surface area contributed by atoms with Crippen molar-refractivity contribution in [3.8, 4) is 0 Å². The van der Waals surface area contributed by atoms with Crippen LogP contribution in [-0.2, 0) is 11.2 Å². The van der Waals surface area contributed by atoms with Gasteiger partial charge in [0.2, 0.25) is 5.91 Å². The Hall–Kier alpha value is -2.95. The first kappa shape index (κ1) is 13.7. The second-order valence-electron chi connectivity index (χ2n) is 5.68. The Kier molecular flexibility index (Phi) is 3.19. The van der Waals surface area contributed by atoms with E-state index >= 15 is 0 Å². The van der Waals surface area contributed by atoms with Crippen LogP contribution < -0.4 is 10.9 Å². The Labute approximate surface area is 132 Å². The maximum atomic E-state index is 12.7. The predicted molar refractivity (Wildman–Crippen MR) is 88.4 cm³/mol. The fraction of sp³-hybridized carbons (Fsp3) is 0.167. The van der Waals surface area contributed by atoms with Crippen molar-refractivity contribution < 1.29 is 4.79 Å². The fourth-order valence-electron chi connectivity index (χ4n) is 3.07. The van der Waals surface area contributed by atoms with E-state index in [1.807, 2.05) is 30.3 Å². The molecule has 1 aliphatic heterocycles. The Morgan fingerprint density at radius 3 is 2.74 bits per heavy atom. The molecule has 2 heterocycles. The van der Waals surface area contributed by atoms with Crippen LogP contribution in [-0.4, -0.2) is 15.5 Å². The average molecular weight is 305 g/mol. The van der Waals surface area contributed by atoms with Crippen LogP contribution in [0.4, 0.5) is 5.69 Å². The Morgan fingerprint density at radius 2 is 1.83 bits per heavy atom. The molecular weight excluding hydrogens is 290 g/mol. The number of carbonyl (C=O) groups is 1.